The van der Waals surface area contributed by atoms with E-state index >= 15 is 0 Å². The minimum Gasteiger partial charge on any atom is -0.383 e. The molecule has 4 aliphatic rings. The Morgan fingerprint density at radius 1 is 1.08 bits per heavy atom. The molecule has 13 heteroatoms. The van der Waals surface area contributed by atoms with E-state index in [-0.39, 0.29) is 41.3 Å². The second-order valence-electron chi connectivity index (χ2n) is 10.1. The lowest BCUT2D eigenvalue weighted by atomic mass is 9.71. The second-order valence-corrected chi connectivity index (χ2v) is 10.1. The first-order chi connectivity index (χ1) is 18.0. The number of rotatable bonds is 6. The number of nitrogen functional groups attached to an aromatic ring is 1. The van der Waals surface area contributed by atoms with Crippen molar-refractivity contribution in [3.63, 3.8) is 0 Å². The summed E-state index contributed by atoms with van der Waals surface area (Å²) in [4.78, 5) is 45.3. The average molecular weight is 500 g/mol. The lowest BCUT2D eigenvalue weighted by Gasteiger charge is -2.55. The topological polar surface area (TPSA) is 173 Å². The maximum absolute atomic E-state index is 12.9. The van der Waals surface area contributed by atoms with Gasteiger partial charge in [-0.2, -0.15) is 14.7 Å². The van der Waals surface area contributed by atoms with E-state index in [2.05, 4.69) is 35.6 Å². The normalized spacial score (nSPS) is 22.6. The molecule has 2 saturated heterocycles. The Bertz CT molecular complexity index is 1510. The first-order valence-corrected chi connectivity index (χ1v) is 12.4. The summed E-state index contributed by atoms with van der Waals surface area (Å²) in [5.74, 6) is 0.779. The van der Waals surface area contributed by atoms with Crippen molar-refractivity contribution in [3.05, 3.63) is 42.0 Å². The zero-order valence-electron chi connectivity index (χ0n) is 20.1. The van der Waals surface area contributed by atoms with E-state index in [1.54, 1.807) is 18.6 Å². The Balaban J connectivity index is 1.23. The summed E-state index contributed by atoms with van der Waals surface area (Å²) in [7, 11) is 0. The van der Waals surface area contributed by atoms with Gasteiger partial charge in [-0.25, -0.2) is 19.9 Å². The maximum Gasteiger partial charge on any atom is 0.291 e. The quantitative estimate of drug-likeness (QED) is 0.332. The third kappa shape index (κ3) is 3.52. The number of carbonyl (C=O) groups is 2. The van der Waals surface area contributed by atoms with Crippen molar-refractivity contribution in [1.29, 1.82) is 0 Å². The van der Waals surface area contributed by atoms with Crippen LogP contribution in [0.3, 0.4) is 0 Å². The van der Waals surface area contributed by atoms with E-state index in [1.165, 1.54) is 17.8 Å². The van der Waals surface area contributed by atoms with Crippen LogP contribution >= 0.6 is 0 Å². The van der Waals surface area contributed by atoms with Crippen LogP contribution in [0.5, 0.6) is 0 Å². The van der Waals surface area contributed by atoms with Gasteiger partial charge in [0.05, 0.1) is 17.5 Å². The number of hydrogen-bond acceptors (Lipinski definition) is 10. The molecule has 3 atom stereocenters. The van der Waals surface area contributed by atoms with E-state index in [1.807, 2.05) is 4.90 Å². The Morgan fingerprint density at radius 3 is 2.49 bits per heavy atom. The fraction of sp³-hybridized carbons (Fsp3) is 0.417. The van der Waals surface area contributed by atoms with Crippen molar-refractivity contribution in [3.8, 4) is 11.1 Å². The van der Waals surface area contributed by atoms with Crippen molar-refractivity contribution in [2.24, 2.45) is 0 Å². The van der Waals surface area contributed by atoms with Crippen LogP contribution in [-0.2, 0) is 0 Å². The van der Waals surface area contributed by atoms with Crippen LogP contribution in [0, 0.1) is 0 Å². The molecular weight excluding hydrogens is 474 g/mol. The number of aromatic amines is 1. The number of Topliss-reactive ketones (excluding diaryl/α,β-unsaturated/α-hetero) is 1. The van der Waals surface area contributed by atoms with E-state index in [4.69, 9.17) is 10.7 Å². The van der Waals surface area contributed by atoms with Crippen LogP contribution in [0.25, 0.3) is 16.8 Å². The number of amides is 1. The van der Waals surface area contributed by atoms with Gasteiger partial charge in [-0.3, -0.25) is 14.7 Å². The van der Waals surface area contributed by atoms with Gasteiger partial charge in [-0.05, 0) is 39.0 Å². The van der Waals surface area contributed by atoms with Crippen molar-refractivity contribution >= 4 is 29.1 Å². The molecule has 8 rings (SSSR count). The van der Waals surface area contributed by atoms with Gasteiger partial charge in [0.1, 0.15) is 12.1 Å². The first kappa shape index (κ1) is 21.8. The predicted molar refractivity (Wildman–Crippen MR) is 132 cm³/mol. The molecule has 6 heterocycles. The Labute approximate surface area is 210 Å². The van der Waals surface area contributed by atoms with E-state index in [9.17, 15) is 9.59 Å². The van der Waals surface area contributed by atoms with Crippen LogP contribution in [0.4, 0.5) is 11.8 Å². The number of H-pyrrole nitrogens is 1. The Kier molecular flexibility index (Phi) is 4.75. The standard InChI is InChI=1S/C24H25N11O2/c1-11(36)18-19(12-4-15-6-16(5-12)34(15)23(37)21-28-10-29-33-21)32-22-17(9-30-35(22)20(18)25)13-7-26-24(27-8-13)31-14-2-3-14/h7-10,12,14-16H,2-6,25H2,1H3,(H,26,27,31)(H,28,29,33)/t12?,15-,16+. The molecule has 1 unspecified atom stereocenters. The molecule has 4 aromatic rings. The minimum atomic E-state index is -0.161. The summed E-state index contributed by atoms with van der Waals surface area (Å²) < 4.78 is 1.51. The zero-order chi connectivity index (χ0) is 25.3. The molecule has 1 amide bonds. The smallest absolute Gasteiger partial charge is 0.291 e. The third-order valence-electron chi connectivity index (χ3n) is 7.62. The van der Waals surface area contributed by atoms with E-state index in [0.717, 1.165) is 30.4 Å². The van der Waals surface area contributed by atoms with Gasteiger partial charge < -0.3 is 16.0 Å². The molecule has 0 spiro atoms. The molecular formula is C24H25N11O2. The lowest BCUT2D eigenvalue weighted by molar-refractivity contribution is -0.0203. The van der Waals surface area contributed by atoms with Gasteiger partial charge in [0.25, 0.3) is 5.91 Å². The molecule has 0 aromatic carbocycles. The van der Waals surface area contributed by atoms with Gasteiger partial charge in [0, 0.05) is 47.6 Å². The summed E-state index contributed by atoms with van der Waals surface area (Å²) in [6, 6.07) is 0.551. The molecule has 4 fully saturated rings. The molecule has 37 heavy (non-hydrogen) atoms. The highest BCUT2D eigenvalue weighted by molar-refractivity contribution is 6.00. The maximum atomic E-state index is 12.9. The summed E-state index contributed by atoms with van der Waals surface area (Å²) >= 11 is 0. The van der Waals surface area contributed by atoms with Crippen molar-refractivity contribution in [1.82, 2.24) is 44.6 Å². The number of nitrogens with two attached hydrogens (primary N) is 1. The number of aromatic nitrogens is 8. The summed E-state index contributed by atoms with van der Waals surface area (Å²) in [6.45, 7) is 1.50. The highest BCUT2D eigenvalue weighted by Gasteiger charge is 2.49. The molecule has 188 valence electrons. The molecule has 4 aromatic heterocycles. The summed E-state index contributed by atoms with van der Waals surface area (Å²) in [6.07, 6.45) is 11.1. The molecule has 13 nitrogen and oxygen atoms in total. The number of nitrogens with zero attached hydrogens (tertiary/aromatic N) is 8. The number of fused-ring (bicyclic) bond motifs is 3. The molecule has 4 N–H and O–H groups in total. The second kappa shape index (κ2) is 8.05. The number of hydrogen-bond donors (Lipinski definition) is 3. The number of nitrogens with one attached hydrogen (secondary N) is 2. The highest BCUT2D eigenvalue weighted by atomic mass is 16.2. The van der Waals surface area contributed by atoms with Crippen LogP contribution < -0.4 is 11.1 Å². The minimum absolute atomic E-state index is 0.0159. The third-order valence-corrected chi connectivity index (χ3v) is 7.62. The van der Waals surface area contributed by atoms with Gasteiger partial charge >= 0.3 is 0 Å². The van der Waals surface area contributed by atoms with Crippen molar-refractivity contribution in [2.75, 3.05) is 11.1 Å². The van der Waals surface area contributed by atoms with Crippen LogP contribution in [-0.4, -0.2) is 74.5 Å². The molecule has 2 aliphatic heterocycles. The molecule has 0 radical (unpaired) electrons. The summed E-state index contributed by atoms with van der Waals surface area (Å²) in [5.41, 5.74) is 9.61. The monoisotopic (exact) mass is 499 g/mol. The largest absolute Gasteiger partial charge is 0.383 e. The van der Waals surface area contributed by atoms with Crippen LogP contribution in [0.15, 0.2) is 24.9 Å². The van der Waals surface area contributed by atoms with Crippen LogP contribution in [0.2, 0.25) is 0 Å². The number of anilines is 2. The van der Waals surface area contributed by atoms with Gasteiger partial charge in [-0.15, -0.1) is 0 Å². The van der Waals surface area contributed by atoms with Crippen molar-refractivity contribution < 1.29 is 9.59 Å². The number of carbonyl (C=O) groups excluding carboxylic acids is 2. The molecule has 2 bridgehead atoms. The number of ketones is 1. The Hall–Kier alpha value is -4.42. The predicted octanol–water partition coefficient (Wildman–Crippen LogP) is 1.82. The van der Waals surface area contributed by atoms with E-state index < -0.39 is 0 Å². The van der Waals surface area contributed by atoms with E-state index in [0.29, 0.717) is 41.7 Å². The molecule has 2 saturated carbocycles. The first-order valence-electron chi connectivity index (χ1n) is 12.4. The SMILES string of the molecule is CC(=O)c1c(C2C[C@@H]3C[C@H](C2)N3C(=O)c2ncn[nH]2)nc2c(-c3cnc(NC4CC4)nc3)cnn2c1N. The van der Waals surface area contributed by atoms with Crippen molar-refractivity contribution in [2.45, 2.75) is 63.1 Å². The summed E-state index contributed by atoms with van der Waals surface area (Å²) in [5, 5.41) is 14.2. The lowest BCUT2D eigenvalue weighted by Crippen LogP contribution is -2.62. The average Bonchev–Trinajstić information content (AvgIpc) is 3.35. The van der Waals surface area contributed by atoms with Gasteiger partial charge in [-0.1, -0.05) is 0 Å². The number of piperidine rings is 1. The molecule has 2 aliphatic carbocycles. The zero-order valence-corrected chi connectivity index (χ0v) is 20.1. The van der Waals surface area contributed by atoms with Gasteiger partial charge in [0.2, 0.25) is 11.8 Å². The van der Waals surface area contributed by atoms with Crippen LogP contribution in [0.1, 0.15) is 71.6 Å². The fourth-order valence-corrected chi connectivity index (χ4v) is 5.70. The fourth-order valence-electron chi connectivity index (χ4n) is 5.70. The highest BCUT2D eigenvalue weighted by Crippen LogP contribution is 2.47. The van der Waals surface area contributed by atoms with Gasteiger partial charge in [0.15, 0.2) is 11.4 Å². The Morgan fingerprint density at radius 2 is 1.84 bits per heavy atom.